The Balaban J connectivity index is 1.02. The molecule has 6 heteroatoms. The molecule has 2 aliphatic rings. The SMILES string of the molecule is CC(C)(C)c1ccc2c(c1)c1cc(C(C)(C)C)ccc1n2-c1cc2c3c(c1)N(c1cccc([Si](c4ccccc4)(c4ccccc4)c4ccccc4)c1)c1c(cccc1-c1ccccc1)B3c1ccc([Si](c3ccccc3)(c3ccccc3)c3ccccc3)cc1N2c1ccccc1-c1ccccc1. The Kier molecular flexibility index (Phi) is 15.8. The minimum atomic E-state index is -3.15. The Morgan fingerprint density at radius 2 is 0.644 bits per heavy atom. The van der Waals surface area contributed by atoms with Crippen LogP contribution in [-0.2, 0) is 10.8 Å². The van der Waals surface area contributed by atoms with E-state index < -0.39 is 16.1 Å². The summed E-state index contributed by atoms with van der Waals surface area (Å²) < 4.78 is 2.60. The van der Waals surface area contributed by atoms with Crippen molar-refractivity contribution in [3.63, 3.8) is 0 Å². The second-order valence-corrected chi connectivity index (χ2v) is 37.9. The van der Waals surface area contributed by atoms with Crippen molar-refractivity contribution in [3.05, 3.63) is 387 Å². The molecule has 16 aromatic rings. The van der Waals surface area contributed by atoms with Gasteiger partial charge in [-0.05, 0) is 152 Å². The van der Waals surface area contributed by atoms with Gasteiger partial charge >= 0.3 is 0 Å². The normalized spacial score (nSPS) is 12.8. The fourth-order valence-electron chi connectivity index (χ4n) is 17.5. The number of hydrogen-bond donors (Lipinski definition) is 0. The van der Waals surface area contributed by atoms with Crippen LogP contribution in [0, 0.1) is 0 Å². The summed E-state index contributed by atoms with van der Waals surface area (Å²) in [5.41, 5.74) is 21.0. The van der Waals surface area contributed by atoms with Gasteiger partial charge in [-0.25, -0.2) is 0 Å². The Labute approximate surface area is 614 Å². The van der Waals surface area contributed by atoms with Gasteiger partial charge in [0.15, 0.2) is 16.1 Å². The summed E-state index contributed by atoms with van der Waals surface area (Å²) in [4.78, 5) is 5.39. The third-order valence-electron chi connectivity index (χ3n) is 22.4. The second-order valence-electron chi connectivity index (χ2n) is 30.3. The molecule has 0 spiro atoms. The molecular formula is C98H80BN3Si2. The van der Waals surface area contributed by atoms with Gasteiger partial charge in [-0.15, -0.1) is 0 Å². The van der Waals surface area contributed by atoms with Gasteiger partial charge in [-0.3, -0.25) is 0 Å². The zero-order valence-corrected chi connectivity index (χ0v) is 61.7. The molecule has 18 rings (SSSR count). The van der Waals surface area contributed by atoms with E-state index in [0.29, 0.717) is 0 Å². The Bertz CT molecular complexity index is 5590. The van der Waals surface area contributed by atoms with E-state index in [1.807, 2.05) is 0 Å². The van der Waals surface area contributed by atoms with E-state index in [4.69, 9.17) is 0 Å². The molecule has 0 N–H and O–H groups in total. The summed E-state index contributed by atoms with van der Waals surface area (Å²) in [5, 5.41) is 13.1. The Hall–Kier alpha value is -11.8. The molecule has 3 heterocycles. The molecule has 1 aromatic heterocycles. The van der Waals surface area contributed by atoms with Gasteiger partial charge in [0, 0.05) is 50.3 Å². The third-order valence-corrected chi connectivity index (χ3v) is 31.9. The quantitative estimate of drug-likeness (QED) is 0.0842. The third kappa shape index (κ3) is 10.4. The molecule has 498 valence electrons. The van der Waals surface area contributed by atoms with Crippen molar-refractivity contribution in [1.82, 2.24) is 4.57 Å². The lowest BCUT2D eigenvalue weighted by Crippen LogP contribution is -2.75. The fraction of sp³-hybridized carbons (Fsp3) is 0.0816. The van der Waals surface area contributed by atoms with Crippen LogP contribution in [0.1, 0.15) is 52.7 Å². The van der Waals surface area contributed by atoms with Crippen molar-refractivity contribution in [2.24, 2.45) is 0 Å². The standard InChI is InChI=1S/C98H80BN3Si2/c1-97(2,3)71-57-61-90-85(63-71)86-64-72(98(4,5)6)58-62-91(86)100(90)74-66-93-95-94(67-74)102(89-56-32-31-53-83(89)69-35-15-7-16-36-69)92-68-82(104(78-46-25-12-26-47-78,79-48-27-13-28-49-79)80-50-29-14-30-51-80)59-60-87(92)99(95)88-55-34-54-84(70-37-17-8-18-38-70)96(88)101(93)73-39-33-52-81(65-73)103(75-40-19-9-20-41-75,76-42-21-10-22-43-76)77-44-23-11-24-45-77/h7-68H,1-6H3. The minimum Gasteiger partial charge on any atom is -0.311 e. The Morgan fingerprint density at radius 3 is 1.11 bits per heavy atom. The first-order valence-corrected chi connectivity index (χ1v) is 40.7. The maximum atomic E-state index is 2.70. The first-order chi connectivity index (χ1) is 50.9. The molecule has 0 amide bonds. The van der Waals surface area contributed by atoms with E-state index in [-0.39, 0.29) is 17.5 Å². The summed E-state index contributed by atoms with van der Waals surface area (Å²) in [7, 11) is -6.25. The van der Waals surface area contributed by atoms with Crippen LogP contribution in [0.4, 0.5) is 34.1 Å². The lowest BCUT2D eigenvalue weighted by atomic mass is 9.33. The molecule has 0 saturated carbocycles. The number of rotatable bonds is 13. The van der Waals surface area contributed by atoms with Gasteiger partial charge in [-0.1, -0.05) is 357 Å². The van der Waals surface area contributed by atoms with E-state index in [9.17, 15) is 0 Å². The van der Waals surface area contributed by atoms with Gasteiger partial charge in [-0.2, -0.15) is 0 Å². The topological polar surface area (TPSA) is 11.4 Å². The molecule has 104 heavy (non-hydrogen) atoms. The maximum absolute atomic E-state index is 3.15. The number of hydrogen-bond acceptors (Lipinski definition) is 2. The summed E-state index contributed by atoms with van der Waals surface area (Å²) in [6, 6.07) is 144. The molecule has 0 fully saturated rings. The number of aromatic nitrogens is 1. The van der Waals surface area contributed by atoms with Gasteiger partial charge < -0.3 is 14.4 Å². The van der Waals surface area contributed by atoms with Crippen LogP contribution in [0.2, 0.25) is 0 Å². The summed E-state index contributed by atoms with van der Waals surface area (Å²) in [6.07, 6.45) is 0. The van der Waals surface area contributed by atoms with Gasteiger partial charge in [0.25, 0.3) is 6.71 Å². The molecule has 0 atom stereocenters. The molecule has 0 unspecified atom stereocenters. The van der Waals surface area contributed by atoms with E-state index in [0.717, 1.165) is 50.8 Å². The zero-order chi connectivity index (χ0) is 70.3. The van der Waals surface area contributed by atoms with Gasteiger partial charge in [0.1, 0.15) is 0 Å². The van der Waals surface area contributed by atoms with E-state index in [1.165, 1.54) is 102 Å². The second kappa shape index (κ2) is 25.6. The highest BCUT2D eigenvalue weighted by atomic mass is 28.3. The van der Waals surface area contributed by atoms with Crippen LogP contribution in [-0.4, -0.2) is 27.4 Å². The number of para-hydroxylation sites is 2. The molecule has 2 aliphatic heterocycles. The highest BCUT2D eigenvalue weighted by Crippen LogP contribution is 2.50. The molecule has 0 radical (unpaired) electrons. The number of anilines is 6. The Morgan fingerprint density at radius 1 is 0.260 bits per heavy atom. The van der Waals surface area contributed by atoms with Crippen LogP contribution in [0.5, 0.6) is 0 Å². The van der Waals surface area contributed by atoms with Crippen LogP contribution in [0.15, 0.2) is 376 Å². The summed E-state index contributed by atoms with van der Waals surface area (Å²) in [6.45, 7) is 13.8. The van der Waals surface area contributed by atoms with Crippen LogP contribution in [0.3, 0.4) is 0 Å². The molecular weight excluding hydrogens is 1290 g/mol. The van der Waals surface area contributed by atoms with Crippen LogP contribution >= 0.6 is 0 Å². The summed E-state index contributed by atoms with van der Waals surface area (Å²) in [5.74, 6) is 0. The summed E-state index contributed by atoms with van der Waals surface area (Å²) >= 11 is 0. The molecule has 3 nitrogen and oxygen atoms in total. The number of benzene rings is 15. The van der Waals surface area contributed by atoms with Crippen molar-refractivity contribution < 1.29 is 0 Å². The number of fused-ring (bicyclic) bond motifs is 7. The average Bonchev–Trinajstić information content (AvgIpc) is 0.813. The average molecular weight is 1370 g/mol. The zero-order valence-electron chi connectivity index (χ0n) is 59.7. The van der Waals surface area contributed by atoms with E-state index in [2.05, 4.69) is 432 Å². The first kappa shape index (κ1) is 64.3. The molecule has 15 aromatic carbocycles. The molecule has 0 aliphatic carbocycles. The minimum absolute atomic E-state index is 0.0863. The highest BCUT2D eigenvalue weighted by Gasteiger charge is 2.49. The number of nitrogens with zero attached hydrogens (tertiary/aromatic N) is 3. The van der Waals surface area contributed by atoms with Gasteiger partial charge in [0.05, 0.1) is 22.4 Å². The fourth-order valence-corrected chi connectivity index (χ4v) is 27.1. The smallest absolute Gasteiger partial charge is 0.252 e. The highest BCUT2D eigenvalue weighted by molar-refractivity contribution is 7.20. The van der Waals surface area contributed by atoms with Crippen molar-refractivity contribution in [3.8, 4) is 27.9 Å². The van der Waals surface area contributed by atoms with Crippen molar-refractivity contribution in [2.75, 3.05) is 9.80 Å². The largest absolute Gasteiger partial charge is 0.311 e. The van der Waals surface area contributed by atoms with E-state index in [1.54, 1.807) is 0 Å². The first-order valence-electron chi connectivity index (χ1n) is 36.7. The molecule has 0 bridgehead atoms. The lowest BCUT2D eigenvalue weighted by Gasteiger charge is -2.46. The van der Waals surface area contributed by atoms with Crippen molar-refractivity contribution in [1.29, 1.82) is 0 Å². The molecule has 0 saturated heterocycles. The van der Waals surface area contributed by atoms with E-state index >= 15 is 0 Å². The van der Waals surface area contributed by atoms with Crippen molar-refractivity contribution >= 4 is 137 Å². The predicted octanol–water partition coefficient (Wildman–Crippen LogP) is 17.6. The van der Waals surface area contributed by atoms with Crippen LogP contribution in [0.25, 0.3) is 49.7 Å². The maximum Gasteiger partial charge on any atom is 0.252 e. The monoisotopic (exact) mass is 1370 g/mol. The van der Waals surface area contributed by atoms with Crippen LogP contribution < -0.4 is 67.7 Å². The van der Waals surface area contributed by atoms with Crippen molar-refractivity contribution in [2.45, 2.75) is 52.4 Å². The lowest BCUT2D eigenvalue weighted by molar-refractivity contribution is 0.590. The van der Waals surface area contributed by atoms with Gasteiger partial charge in [0.2, 0.25) is 0 Å². The predicted molar refractivity (Wildman–Crippen MR) is 450 cm³/mol.